The standard InChI is InChI=1S/C12H21N5/c1-4-5-9-10-11(13)14-15-12(10)17(16-9)7-6-8(2)3/h8H,4-7H2,1-3H3,(H3,13,14,15). The van der Waals surface area contributed by atoms with Gasteiger partial charge in [-0.1, -0.05) is 27.2 Å². The van der Waals surface area contributed by atoms with Gasteiger partial charge < -0.3 is 5.73 Å². The van der Waals surface area contributed by atoms with Crippen LogP contribution in [-0.4, -0.2) is 20.0 Å². The van der Waals surface area contributed by atoms with E-state index in [4.69, 9.17) is 5.73 Å². The first-order chi connectivity index (χ1) is 8.13. The summed E-state index contributed by atoms with van der Waals surface area (Å²) in [7, 11) is 0. The second-order valence-corrected chi connectivity index (χ2v) is 4.94. The van der Waals surface area contributed by atoms with Gasteiger partial charge in [-0.2, -0.15) is 10.2 Å². The highest BCUT2D eigenvalue weighted by molar-refractivity contribution is 5.88. The molecule has 0 aromatic carbocycles. The molecule has 0 bridgehead atoms. The molecule has 2 heterocycles. The molecule has 5 heteroatoms. The third-order valence-electron chi connectivity index (χ3n) is 2.95. The lowest BCUT2D eigenvalue weighted by Gasteiger charge is -2.04. The SMILES string of the molecule is CCCc1nn(CCC(C)C)c2n[nH]c(N)c12. The van der Waals surface area contributed by atoms with Crippen LogP contribution in [-0.2, 0) is 13.0 Å². The van der Waals surface area contributed by atoms with Gasteiger partial charge in [0.2, 0.25) is 0 Å². The van der Waals surface area contributed by atoms with Gasteiger partial charge in [-0.05, 0) is 18.8 Å². The number of anilines is 1. The number of nitrogen functional groups attached to an aromatic ring is 1. The Bertz CT molecular complexity index is 494. The molecule has 0 unspecified atom stereocenters. The van der Waals surface area contributed by atoms with Gasteiger partial charge in [-0.15, -0.1) is 0 Å². The Hall–Kier alpha value is -1.52. The number of nitrogens with two attached hydrogens (primary N) is 1. The molecule has 2 aromatic rings. The Labute approximate surface area is 101 Å². The normalized spacial score (nSPS) is 11.8. The van der Waals surface area contributed by atoms with Crippen molar-refractivity contribution in [3.8, 4) is 0 Å². The molecule has 0 aliphatic carbocycles. The lowest BCUT2D eigenvalue weighted by molar-refractivity contribution is 0.490. The van der Waals surface area contributed by atoms with Crippen LogP contribution in [0.4, 0.5) is 5.82 Å². The second kappa shape index (κ2) is 4.77. The Kier molecular flexibility index (Phi) is 3.36. The first-order valence-corrected chi connectivity index (χ1v) is 6.32. The average molecular weight is 235 g/mol. The molecule has 0 aliphatic rings. The van der Waals surface area contributed by atoms with Crippen LogP contribution >= 0.6 is 0 Å². The van der Waals surface area contributed by atoms with Crippen LogP contribution in [0.1, 0.15) is 39.3 Å². The van der Waals surface area contributed by atoms with Crippen LogP contribution in [0.3, 0.4) is 0 Å². The summed E-state index contributed by atoms with van der Waals surface area (Å²) in [6.07, 6.45) is 3.13. The van der Waals surface area contributed by atoms with Crippen LogP contribution < -0.4 is 5.73 Å². The molecule has 0 radical (unpaired) electrons. The van der Waals surface area contributed by atoms with E-state index < -0.39 is 0 Å². The van der Waals surface area contributed by atoms with E-state index in [0.717, 1.165) is 42.5 Å². The molecule has 5 nitrogen and oxygen atoms in total. The van der Waals surface area contributed by atoms with Crippen molar-refractivity contribution in [2.24, 2.45) is 5.92 Å². The molecule has 0 aliphatic heterocycles. The van der Waals surface area contributed by atoms with Gasteiger partial charge in [0, 0.05) is 6.54 Å². The van der Waals surface area contributed by atoms with Crippen LogP contribution in [0.5, 0.6) is 0 Å². The van der Waals surface area contributed by atoms with Crippen LogP contribution in [0.15, 0.2) is 0 Å². The molecule has 0 atom stereocenters. The first-order valence-electron chi connectivity index (χ1n) is 6.32. The first kappa shape index (κ1) is 12.0. The molecule has 94 valence electrons. The highest BCUT2D eigenvalue weighted by Gasteiger charge is 2.15. The zero-order valence-corrected chi connectivity index (χ0v) is 10.8. The number of H-pyrrole nitrogens is 1. The quantitative estimate of drug-likeness (QED) is 0.835. The summed E-state index contributed by atoms with van der Waals surface area (Å²) in [6, 6.07) is 0. The predicted octanol–water partition coefficient (Wildman–Crippen LogP) is 2.34. The van der Waals surface area contributed by atoms with Crippen LogP contribution in [0.25, 0.3) is 11.0 Å². The van der Waals surface area contributed by atoms with Crippen molar-refractivity contribution in [1.82, 2.24) is 20.0 Å². The molecule has 2 rings (SSSR count). The van der Waals surface area contributed by atoms with Gasteiger partial charge in [0.05, 0.1) is 11.1 Å². The van der Waals surface area contributed by atoms with Crippen LogP contribution in [0, 0.1) is 5.92 Å². The zero-order chi connectivity index (χ0) is 12.4. The smallest absolute Gasteiger partial charge is 0.182 e. The van der Waals surface area contributed by atoms with E-state index in [1.807, 2.05) is 4.68 Å². The van der Waals surface area contributed by atoms with Crippen molar-refractivity contribution in [2.45, 2.75) is 46.6 Å². The number of hydrogen-bond donors (Lipinski definition) is 2. The monoisotopic (exact) mass is 235 g/mol. The van der Waals surface area contributed by atoms with Gasteiger partial charge >= 0.3 is 0 Å². The van der Waals surface area contributed by atoms with Gasteiger partial charge in [-0.3, -0.25) is 5.10 Å². The van der Waals surface area contributed by atoms with E-state index >= 15 is 0 Å². The molecular formula is C12H21N5. The topological polar surface area (TPSA) is 72.5 Å². The van der Waals surface area contributed by atoms with Gasteiger partial charge in [0.1, 0.15) is 5.82 Å². The van der Waals surface area contributed by atoms with Crippen molar-refractivity contribution in [2.75, 3.05) is 5.73 Å². The van der Waals surface area contributed by atoms with Crippen molar-refractivity contribution in [3.05, 3.63) is 5.69 Å². The molecule has 0 fully saturated rings. The third-order valence-corrected chi connectivity index (χ3v) is 2.95. The van der Waals surface area contributed by atoms with E-state index in [0.29, 0.717) is 11.7 Å². The summed E-state index contributed by atoms with van der Waals surface area (Å²) in [4.78, 5) is 0. The number of rotatable bonds is 5. The maximum absolute atomic E-state index is 5.91. The number of fused-ring (bicyclic) bond motifs is 1. The number of nitrogens with zero attached hydrogens (tertiary/aromatic N) is 3. The summed E-state index contributed by atoms with van der Waals surface area (Å²) in [5, 5.41) is 12.7. The van der Waals surface area contributed by atoms with E-state index in [1.165, 1.54) is 0 Å². The average Bonchev–Trinajstić information content (AvgIpc) is 2.79. The highest BCUT2D eigenvalue weighted by atomic mass is 15.3. The number of hydrogen-bond acceptors (Lipinski definition) is 3. The Morgan fingerprint density at radius 1 is 1.41 bits per heavy atom. The molecule has 0 spiro atoms. The van der Waals surface area contributed by atoms with Crippen molar-refractivity contribution in [1.29, 1.82) is 0 Å². The molecular weight excluding hydrogens is 214 g/mol. The number of nitrogens with one attached hydrogen (secondary N) is 1. The molecule has 3 N–H and O–H groups in total. The fourth-order valence-electron chi connectivity index (χ4n) is 2.01. The van der Waals surface area contributed by atoms with Gasteiger partial charge in [0.25, 0.3) is 0 Å². The van der Waals surface area contributed by atoms with Gasteiger partial charge in [-0.25, -0.2) is 4.68 Å². The maximum Gasteiger partial charge on any atom is 0.182 e. The lowest BCUT2D eigenvalue weighted by atomic mass is 10.1. The van der Waals surface area contributed by atoms with E-state index in [9.17, 15) is 0 Å². The van der Waals surface area contributed by atoms with Crippen LogP contribution in [0.2, 0.25) is 0 Å². The molecule has 17 heavy (non-hydrogen) atoms. The number of aromatic nitrogens is 4. The molecule has 0 saturated heterocycles. The summed E-state index contributed by atoms with van der Waals surface area (Å²) in [6.45, 7) is 7.48. The van der Waals surface area contributed by atoms with Crippen molar-refractivity contribution >= 4 is 16.9 Å². The van der Waals surface area contributed by atoms with E-state index in [1.54, 1.807) is 0 Å². The maximum atomic E-state index is 5.91. The van der Waals surface area contributed by atoms with E-state index in [-0.39, 0.29) is 0 Å². The highest BCUT2D eigenvalue weighted by Crippen LogP contribution is 2.23. The van der Waals surface area contributed by atoms with Crippen molar-refractivity contribution in [3.63, 3.8) is 0 Å². The Morgan fingerprint density at radius 3 is 2.82 bits per heavy atom. The second-order valence-electron chi connectivity index (χ2n) is 4.94. The third kappa shape index (κ3) is 2.28. The Morgan fingerprint density at radius 2 is 2.18 bits per heavy atom. The Balaban J connectivity index is 2.35. The minimum Gasteiger partial charge on any atom is -0.383 e. The predicted molar refractivity (Wildman–Crippen MR) is 69.7 cm³/mol. The lowest BCUT2D eigenvalue weighted by Crippen LogP contribution is -2.04. The fraction of sp³-hybridized carbons (Fsp3) is 0.667. The molecule has 0 saturated carbocycles. The number of aromatic amines is 1. The minimum absolute atomic E-state index is 0.638. The summed E-state index contributed by atoms with van der Waals surface area (Å²) in [5.41, 5.74) is 7.87. The molecule has 2 aromatic heterocycles. The van der Waals surface area contributed by atoms with E-state index in [2.05, 4.69) is 36.1 Å². The fourth-order valence-corrected chi connectivity index (χ4v) is 2.01. The summed E-state index contributed by atoms with van der Waals surface area (Å²) < 4.78 is 1.98. The summed E-state index contributed by atoms with van der Waals surface area (Å²) >= 11 is 0. The van der Waals surface area contributed by atoms with Gasteiger partial charge in [0.15, 0.2) is 5.65 Å². The number of aryl methyl sites for hydroxylation is 2. The summed E-state index contributed by atoms with van der Waals surface area (Å²) in [5.74, 6) is 1.31. The minimum atomic E-state index is 0.638. The van der Waals surface area contributed by atoms with Crippen molar-refractivity contribution < 1.29 is 0 Å². The largest absolute Gasteiger partial charge is 0.383 e. The molecule has 0 amide bonds. The zero-order valence-electron chi connectivity index (χ0n) is 10.8.